The predicted octanol–water partition coefficient (Wildman–Crippen LogP) is 13.8. The first-order chi connectivity index (χ1) is 32.0. The number of rotatable bonds is 8. The SMILES string of the molecule is CC1(C)c2ccccc2-c2ccc(N(c3cc(-c4ccccc4)ccc3-c3ccccc3)c3cc([Si]4(c5ccccc5)c5ccccc5-c5ccccc54)ccc3-c3ccccc3)cc21. The molecule has 0 fully saturated rings. The van der Waals surface area contributed by atoms with Crippen molar-refractivity contribution in [1.82, 2.24) is 0 Å². The molecule has 0 radical (unpaired) electrons. The number of benzene rings is 10. The third-order valence-electron chi connectivity index (χ3n) is 14.2. The van der Waals surface area contributed by atoms with Gasteiger partial charge in [0.05, 0.1) is 11.4 Å². The topological polar surface area (TPSA) is 3.24 Å². The molecule has 0 saturated heterocycles. The predicted molar refractivity (Wildman–Crippen MR) is 278 cm³/mol. The van der Waals surface area contributed by atoms with Gasteiger partial charge in [-0.15, -0.1) is 0 Å². The van der Waals surface area contributed by atoms with Crippen LogP contribution in [0, 0.1) is 0 Å². The monoisotopic (exact) mass is 845 g/mol. The third kappa shape index (κ3) is 6.13. The molecule has 10 aromatic rings. The lowest BCUT2D eigenvalue weighted by atomic mass is 9.82. The second-order valence-corrected chi connectivity index (χ2v) is 21.7. The fraction of sp³-hybridized carbons (Fsp3) is 0.0476. The molecule has 0 amide bonds. The summed E-state index contributed by atoms with van der Waals surface area (Å²) >= 11 is 0. The van der Waals surface area contributed by atoms with Crippen LogP contribution in [0.25, 0.3) is 55.6 Å². The van der Waals surface area contributed by atoms with Crippen LogP contribution in [-0.2, 0) is 5.41 Å². The fourth-order valence-electron chi connectivity index (χ4n) is 11.2. The maximum Gasteiger partial charge on any atom is 0.180 e. The zero-order valence-electron chi connectivity index (χ0n) is 36.6. The molecule has 1 heterocycles. The molecule has 308 valence electrons. The molecule has 0 atom stereocenters. The van der Waals surface area contributed by atoms with E-state index in [1.54, 1.807) is 0 Å². The molecule has 1 aliphatic carbocycles. The van der Waals surface area contributed by atoms with E-state index in [4.69, 9.17) is 0 Å². The molecule has 0 aromatic heterocycles. The van der Waals surface area contributed by atoms with Crippen LogP contribution < -0.4 is 25.6 Å². The second kappa shape index (κ2) is 15.5. The van der Waals surface area contributed by atoms with Crippen molar-refractivity contribution in [3.63, 3.8) is 0 Å². The van der Waals surface area contributed by atoms with Crippen LogP contribution in [0.1, 0.15) is 25.0 Å². The summed E-state index contributed by atoms with van der Waals surface area (Å²) in [6, 6.07) is 93.2. The fourth-order valence-corrected chi connectivity index (χ4v) is 16.3. The molecule has 0 saturated carbocycles. The van der Waals surface area contributed by atoms with Gasteiger partial charge in [0.1, 0.15) is 0 Å². The maximum absolute atomic E-state index is 2.88. The van der Waals surface area contributed by atoms with E-state index < -0.39 is 8.07 Å². The smallest absolute Gasteiger partial charge is 0.180 e. The summed E-state index contributed by atoms with van der Waals surface area (Å²) in [5, 5.41) is 5.61. The standard InChI is InChI=1S/C63H47NSi/c1-63(2)57-32-18-15-29-53(57)54-39-36-48(42-58(54)63)64(59-41-47(44-21-7-3-8-22-44)35-38-51(59)45-23-9-4-10-24-45)60-43-50(37-40-52(60)46-25-11-5-12-26-46)65(49-27-13-6-14-28-49)61-33-19-16-30-55(61)56-31-17-20-34-62(56)65/h3-43H,1-2H3. The van der Waals surface area contributed by atoms with Crippen LogP contribution in [0.2, 0.25) is 0 Å². The van der Waals surface area contributed by atoms with Crippen LogP contribution in [0.3, 0.4) is 0 Å². The van der Waals surface area contributed by atoms with Gasteiger partial charge in [-0.2, -0.15) is 0 Å². The molecule has 12 rings (SSSR count). The van der Waals surface area contributed by atoms with Gasteiger partial charge in [0, 0.05) is 22.2 Å². The molecule has 2 aliphatic rings. The van der Waals surface area contributed by atoms with E-state index in [2.05, 4.69) is 267 Å². The number of nitrogens with zero attached hydrogens (tertiary/aromatic N) is 1. The lowest BCUT2D eigenvalue weighted by Crippen LogP contribution is -2.72. The molecule has 1 nitrogen and oxygen atoms in total. The molecular weight excluding hydrogens is 799 g/mol. The number of hydrogen-bond acceptors (Lipinski definition) is 1. The Balaban J connectivity index is 1.21. The molecule has 1 aliphatic heterocycles. The second-order valence-electron chi connectivity index (χ2n) is 18.0. The lowest BCUT2D eigenvalue weighted by molar-refractivity contribution is 0.660. The Hall–Kier alpha value is -7.78. The first-order valence-electron chi connectivity index (χ1n) is 22.8. The third-order valence-corrected chi connectivity index (χ3v) is 19.0. The summed E-state index contributed by atoms with van der Waals surface area (Å²) < 4.78 is 0. The highest BCUT2D eigenvalue weighted by Gasteiger charge is 2.49. The minimum Gasteiger partial charge on any atom is -0.309 e. The van der Waals surface area contributed by atoms with Gasteiger partial charge in [-0.05, 0) is 101 Å². The Morgan fingerprint density at radius 3 is 1.38 bits per heavy atom. The zero-order chi connectivity index (χ0) is 43.5. The highest BCUT2D eigenvalue weighted by molar-refractivity contribution is 7.22. The highest BCUT2D eigenvalue weighted by atomic mass is 28.3. The van der Waals surface area contributed by atoms with Gasteiger partial charge in [0.2, 0.25) is 0 Å². The molecular formula is C63H47NSi. The Kier molecular flexibility index (Phi) is 9.26. The molecule has 0 N–H and O–H groups in total. The molecule has 0 unspecified atom stereocenters. The van der Waals surface area contributed by atoms with Crippen LogP contribution in [-0.4, -0.2) is 8.07 Å². The van der Waals surface area contributed by atoms with Crippen molar-refractivity contribution >= 4 is 45.9 Å². The Morgan fingerprint density at radius 2 is 0.769 bits per heavy atom. The summed E-state index contributed by atoms with van der Waals surface area (Å²) in [4.78, 5) is 2.60. The van der Waals surface area contributed by atoms with Crippen LogP contribution in [0.15, 0.2) is 249 Å². The summed E-state index contributed by atoms with van der Waals surface area (Å²) in [6.07, 6.45) is 0. The molecule has 10 aromatic carbocycles. The minimum absolute atomic E-state index is 0.187. The van der Waals surface area contributed by atoms with Crippen molar-refractivity contribution in [2.24, 2.45) is 0 Å². The normalized spacial score (nSPS) is 13.6. The summed E-state index contributed by atoms with van der Waals surface area (Å²) in [6.45, 7) is 4.77. The molecule has 65 heavy (non-hydrogen) atoms. The van der Waals surface area contributed by atoms with E-state index in [1.807, 2.05) is 0 Å². The van der Waals surface area contributed by atoms with Gasteiger partial charge in [-0.3, -0.25) is 0 Å². The number of anilines is 3. The largest absolute Gasteiger partial charge is 0.309 e. The van der Waals surface area contributed by atoms with Gasteiger partial charge in [0.15, 0.2) is 8.07 Å². The van der Waals surface area contributed by atoms with E-state index in [0.717, 1.165) is 17.1 Å². The van der Waals surface area contributed by atoms with Crippen molar-refractivity contribution in [3.8, 4) is 55.6 Å². The van der Waals surface area contributed by atoms with Gasteiger partial charge in [-0.1, -0.05) is 238 Å². The van der Waals surface area contributed by atoms with Gasteiger partial charge in [0.25, 0.3) is 0 Å². The first-order valence-corrected chi connectivity index (χ1v) is 24.8. The van der Waals surface area contributed by atoms with Gasteiger partial charge >= 0.3 is 0 Å². The first kappa shape index (κ1) is 38.9. The number of hydrogen-bond donors (Lipinski definition) is 0. The van der Waals surface area contributed by atoms with Gasteiger partial charge in [-0.25, -0.2) is 0 Å². The van der Waals surface area contributed by atoms with Crippen molar-refractivity contribution in [1.29, 1.82) is 0 Å². The van der Waals surface area contributed by atoms with E-state index in [1.165, 1.54) is 87.5 Å². The van der Waals surface area contributed by atoms with Crippen LogP contribution >= 0.6 is 0 Å². The quantitative estimate of drug-likeness (QED) is 0.138. The zero-order valence-corrected chi connectivity index (χ0v) is 37.6. The minimum atomic E-state index is -2.88. The van der Waals surface area contributed by atoms with E-state index >= 15 is 0 Å². The van der Waals surface area contributed by atoms with Crippen LogP contribution in [0.4, 0.5) is 17.1 Å². The Morgan fingerprint density at radius 1 is 0.308 bits per heavy atom. The highest BCUT2D eigenvalue weighted by Crippen LogP contribution is 2.52. The average molecular weight is 846 g/mol. The summed E-state index contributed by atoms with van der Waals surface area (Å²) in [7, 11) is -2.88. The summed E-state index contributed by atoms with van der Waals surface area (Å²) in [5.41, 5.74) is 18.3. The van der Waals surface area contributed by atoms with E-state index in [9.17, 15) is 0 Å². The molecule has 2 heteroatoms. The van der Waals surface area contributed by atoms with Crippen molar-refractivity contribution in [3.05, 3.63) is 260 Å². The van der Waals surface area contributed by atoms with E-state index in [0.29, 0.717) is 0 Å². The van der Waals surface area contributed by atoms with Crippen LogP contribution in [0.5, 0.6) is 0 Å². The van der Waals surface area contributed by atoms with Crippen molar-refractivity contribution in [2.75, 3.05) is 4.90 Å². The lowest BCUT2D eigenvalue weighted by Gasteiger charge is -2.35. The average Bonchev–Trinajstić information content (AvgIpc) is 3.80. The van der Waals surface area contributed by atoms with Gasteiger partial charge < -0.3 is 4.90 Å². The Bertz CT molecular complexity index is 3350. The molecule has 0 bridgehead atoms. The Labute approximate surface area is 383 Å². The number of fused-ring (bicyclic) bond motifs is 6. The summed E-state index contributed by atoms with van der Waals surface area (Å²) in [5.74, 6) is 0. The van der Waals surface area contributed by atoms with Crippen molar-refractivity contribution < 1.29 is 0 Å². The maximum atomic E-state index is 2.60. The van der Waals surface area contributed by atoms with Crippen molar-refractivity contribution in [2.45, 2.75) is 19.3 Å². The van der Waals surface area contributed by atoms with E-state index in [-0.39, 0.29) is 5.41 Å². The molecule has 0 spiro atoms.